The maximum atomic E-state index is 11.3. The Bertz CT molecular complexity index is 950. The first kappa shape index (κ1) is 27.1. The lowest BCUT2D eigenvalue weighted by Crippen LogP contribution is -2.36. The summed E-state index contributed by atoms with van der Waals surface area (Å²) in [4.78, 5) is 4.31. The van der Waals surface area contributed by atoms with E-state index >= 15 is 0 Å². The minimum atomic E-state index is -3.69. The molecule has 0 aliphatic rings. The van der Waals surface area contributed by atoms with Gasteiger partial charge in [-0.05, 0) is 43.2 Å². The molecule has 0 spiro atoms. The van der Waals surface area contributed by atoms with Crippen LogP contribution in [0.25, 0.3) is 0 Å². The van der Waals surface area contributed by atoms with E-state index < -0.39 is 10.0 Å². The van der Waals surface area contributed by atoms with Gasteiger partial charge < -0.3 is 20.1 Å². The van der Waals surface area contributed by atoms with Gasteiger partial charge in [0.15, 0.2) is 5.96 Å². The molecular weight excluding hydrogens is 531 g/mol. The van der Waals surface area contributed by atoms with Crippen molar-refractivity contribution < 1.29 is 17.9 Å². The van der Waals surface area contributed by atoms with Crippen molar-refractivity contribution in [2.45, 2.75) is 31.8 Å². The Morgan fingerprint density at radius 3 is 2.35 bits per heavy atom. The van der Waals surface area contributed by atoms with E-state index in [1.165, 1.54) is 12.1 Å². The van der Waals surface area contributed by atoms with E-state index in [9.17, 15) is 8.42 Å². The van der Waals surface area contributed by atoms with Gasteiger partial charge in [0.2, 0.25) is 10.0 Å². The van der Waals surface area contributed by atoms with Gasteiger partial charge >= 0.3 is 0 Å². The second-order valence-corrected chi connectivity index (χ2v) is 8.19. The minimum Gasteiger partial charge on any atom is -0.491 e. The molecule has 31 heavy (non-hydrogen) atoms. The van der Waals surface area contributed by atoms with Crippen LogP contribution in [0.5, 0.6) is 5.75 Å². The predicted octanol–water partition coefficient (Wildman–Crippen LogP) is 2.54. The number of aryl methyl sites for hydroxylation is 1. The normalized spacial score (nSPS) is 11.5. The maximum absolute atomic E-state index is 11.3. The van der Waals surface area contributed by atoms with Crippen molar-refractivity contribution in [3.05, 3.63) is 59.2 Å². The fourth-order valence-corrected chi connectivity index (χ4v) is 3.19. The van der Waals surface area contributed by atoms with Crippen molar-refractivity contribution in [1.82, 2.24) is 10.6 Å². The average Bonchev–Trinajstić information content (AvgIpc) is 2.72. The van der Waals surface area contributed by atoms with Gasteiger partial charge in [-0.25, -0.2) is 13.6 Å². The number of primary sulfonamides is 1. The molecule has 0 saturated carbocycles. The van der Waals surface area contributed by atoms with Crippen LogP contribution in [0.15, 0.2) is 52.4 Å². The third-order valence-corrected chi connectivity index (χ3v) is 5.22. The molecular formula is C21H31IN4O4S. The summed E-state index contributed by atoms with van der Waals surface area (Å²) in [6, 6.07) is 12.5. The molecule has 172 valence electrons. The zero-order valence-corrected chi connectivity index (χ0v) is 21.2. The molecule has 0 radical (unpaired) electrons. The second-order valence-electron chi connectivity index (χ2n) is 6.62. The highest BCUT2D eigenvalue weighted by atomic mass is 127. The lowest BCUT2D eigenvalue weighted by molar-refractivity contribution is 0.110. The molecule has 0 bridgehead atoms. The Labute approximate surface area is 201 Å². The standard InChI is InChI=1S/C21H30N4O4S.HI/c1-4-28-11-12-29-20-13-16(2)5-8-18(20)15-25-21(23-3)24-14-17-6-9-19(10-7-17)30(22,26)27;/h5-10,13H,4,11-12,14-15H2,1-3H3,(H2,22,26,27)(H2,23,24,25);1H. The molecule has 0 fully saturated rings. The number of ether oxygens (including phenoxy) is 2. The van der Waals surface area contributed by atoms with Crippen molar-refractivity contribution in [3.8, 4) is 5.75 Å². The van der Waals surface area contributed by atoms with Gasteiger partial charge in [-0.15, -0.1) is 24.0 Å². The first-order valence-corrected chi connectivity index (χ1v) is 11.2. The SMILES string of the molecule is CCOCCOc1cc(C)ccc1CNC(=NC)NCc1ccc(S(N)(=O)=O)cc1.I. The fourth-order valence-electron chi connectivity index (χ4n) is 2.68. The number of sulfonamides is 1. The number of benzene rings is 2. The molecule has 8 nitrogen and oxygen atoms in total. The summed E-state index contributed by atoms with van der Waals surface area (Å²) in [7, 11) is -2.00. The van der Waals surface area contributed by atoms with Gasteiger partial charge in [-0.1, -0.05) is 24.3 Å². The van der Waals surface area contributed by atoms with E-state index in [0.29, 0.717) is 38.9 Å². The molecule has 10 heteroatoms. The molecule has 0 amide bonds. The van der Waals surface area contributed by atoms with E-state index in [2.05, 4.69) is 15.6 Å². The molecule has 2 aromatic carbocycles. The summed E-state index contributed by atoms with van der Waals surface area (Å²) < 4.78 is 33.9. The number of nitrogens with two attached hydrogens (primary N) is 1. The number of hydrogen-bond acceptors (Lipinski definition) is 5. The molecule has 4 N–H and O–H groups in total. The Morgan fingerprint density at radius 2 is 1.74 bits per heavy atom. The molecule has 0 unspecified atom stereocenters. The maximum Gasteiger partial charge on any atom is 0.238 e. The first-order valence-electron chi connectivity index (χ1n) is 9.69. The number of aliphatic imine (C=N–C) groups is 1. The third-order valence-electron chi connectivity index (χ3n) is 4.29. The largest absolute Gasteiger partial charge is 0.491 e. The summed E-state index contributed by atoms with van der Waals surface area (Å²) in [5, 5.41) is 11.6. The number of nitrogens with zero attached hydrogens (tertiary/aromatic N) is 1. The monoisotopic (exact) mass is 562 g/mol. The highest BCUT2D eigenvalue weighted by molar-refractivity contribution is 14.0. The topological polar surface area (TPSA) is 115 Å². The van der Waals surface area contributed by atoms with Gasteiger partial charge in [0.1, 0.15) is 12.4 Å². The van der Waals surface area contributed by atoms with Crippen molar-refractivity contribution in [2.24, 2.45) is 10.1 Å². The lowest BCUT2D eigenvalue weighted by Gasteiger charge is -2.15. The zero-order chi connectivity index (χ0) is 22.0. The van der Waals surface area contributed by atoms with Crippen LogP contribution in [-0.4, -0.2) is 41.2 Å². The number of halogens is 1. The molecule has 2 aromatic rings. The highest BCUT2D eigenvalue weighted by Crippen LogP contribution is 2.20. The predicted molar refractivity (Wildman–Crippen MR) is 133 cm³/mol. The Balaban J connectivity index is 0.00000480. The zero-order valence-electron chi connectivity index (χ0n) is 18.1. The summed E-state index contributed by atoms with van der Waals surface area (Å²) in [5.74, 6) is 1.43. The Hall–Kier alpha value is -1.89. The Morgan fingerprint density at radius 1 is 1.06 bits per heavy atom. The van der Waals surface area contributed by atoms with Crippen LogP contribution >= 0.6 is 24.0 Å². The van der Waals surface area contributed by atoms with Gasteiger partial charge in [0.05, 0.1) is 11.5 Å². The number of hydrogen-bond donors (Lipinski definition) is 3. The van der Waals surface area contributed by atoms with Crippen molar-refractivity contribution in [2.75, 3.05) is 26.9 Å². The van der Waals surface area contributed by atoms with Crippen LogP contribution < -0.4 is 20.5 Å². The first-order chi connectivity index (χ1) is 14.3. The summed E-state index contributed by atoms with van der Waals surface area (Å²) in [5.41, 5.74) is 3.04. The second kappa shape index (κ2) is 13.5. The van der Waals surface area contributed by atoms with E-state index in [-0.39, 0.29) is 28.9 Å². The van der Waals surface area contributed by atoms with Crippen LogP contribution in [0.4, 0.5) is 0 Å². The molecule has 0 aliphatic heterocycles. The molecule has 2 rings (SSSR count). The highest BCUT2D eigenvalue weighted by Gasteiger charge is 2.08. The average molecular weight is 562 g/mol. The quantitative estimate of drug-likeness (QED) is 0.178. The molecule has 0 saturated heterocycles. The van der Waals surface area contributed by atoms with E-state index in [4.69, 9.17) is 14.6 Å². The lowest BCUT2D eigenvalue weighted by atomic mass is 10.1. The molecule has 0 heterocycles. The van der Waals surface area contributed by atoms with Crippen LogP contribution in [0.3, 0.4) is 0 Å². The Kier molecular flexibility index (Phi) is 11.8. The fraction of sp³-hybridized carbons (Fsp3) is 0.381. The molecule has 0 aliphatic carbocycles. The van der Waals surface area contributed by atoms with Gasteiger partial charge in [0, 0.05) is 32.3 Å². The molecule has 0 atom stereocenters. The van der Waals surface area contributed by atoms with Crippen molar-refractivity contribution in [1.29, 1.82) is 0 Å². The molecule has 0 aromatic heterocycles. The van der Waals surface area contributed by atoms with Crippen LogP contribution in [0, 0.1) is 6.92 Å². The van der Waals surface area contributed by atoms with Gasteiger partial charge in [-0.2, -0.15) is 0 Å². The summed E-state index contributed by atoms with van der Waals surface area (Å²) in [6.45, 7) is 6.70. The van der Waals surface area contributed by atoms with E-state index in [1.54, 1.807) is 19.2 Å². The van der Waals surface area contributed by atoms with Crippen molar-refractivity contribution >= 4 is 40.0 Å². The van der Waals surface area contributed by atoms with Crippen LogP contribution in [0.1, 0.15) is 23.6 Å². The van der Waals surface area contributed by atoms with E-state index in [1.807, 2.05) is 32.0 Å². The van der Waals surface area contributed by atoms with Gasteiger partial charge in [-0.3, -0.25) is 4.99 Å². The van der Waals surface area contributed by atoms with Crippen LogP contribution in [-0.2, 0) is 27.8 Å². The number of nitrogens with one attached hydrogen (secondary N) is 2. The number of guanidine groups is 1. The van der Waals surface area contributed by atoms with Crippen molar-refractivity contribution in [3.63, 3.8) is 0 Å². The number of rotatable bonds is 10. The summed E-state index contributed by atoms with van der Waals surface area (Å²) in [6.07, 6.45) is 0. The minimum absolute atomic E-state index is 0. The third kappa shape index (κ3) is 9.42. The van der Waals surface area contributed by atoms with E-state index in [0.717, 1.165) is 22.4 Å². The van der Waals surface area contributed by atoms with Crippen LogP contribution in [0.2, 0.25) is 0 Å². The van der Waals surface area contributed by atoms with Gasteiger partial charge in [0.25, 0.3) is 0 Å². The smallest absolute Gasteiger partial charge is 0.238 e. The summed E-state index contributed by atoms with van der Waals surface area (Å²) >= 11 is 0.